The molecule has 0 aromatic heterocycles. The summed E-state index contributed by atoms with van der Waals surface area (Å²) < 4.78 is 0. The lowest BCUT2D eigenvalue weighted by Crippen LogP contribution is -2.45. The van der Waals surface area contributed by atoms with E-state index in [1.807, 2.05) is 13.0 Å². The number of carbonyl (C=O) groups is 1. The standard InChI is InChI=1S/C14H18ClNO2/c1-9-6-10(8-11(15)7-9)14(18)16-12-4-2-3-5-13(12)17/h6-8,12-13,17H,2-5H2,1H3,(H,16,18)/t12-,13-/m1/s1. The van der Waals surface area contributed by atoms with Gasteiger partial charge in [0.05, 0.1) is 12.1 Å². The molecule has 1 fully saturated rings. The molecule has 18 heavy (non-hydrogen) atoms. The normalized spacial score (nSPS) is 23.7. The number of halogens is 1. The quantitative estimate of drug-likeness (QED) is 0.866. The summed E-state index contributed by atoms with van der Waals surface area (Å²) in [7, 11) is 0. The Balaban J connectivity index is 2.06. The van der Waals surface area contributed by atoms with Crippen molar-refractivity contribution in [1.82, 2.24) is 5.32 Å². The Morgan fingerprint density at radius 3 is 2.72 bits per heavy atom. The third kappa shape index (κ3) is 3.24. The Kier molecular flexibility index (Phi) is 4.25. The van der Waals surface area contributed by atoms with E-state index in [-0.39, 0.29) is 11.9 Å². The Morgan fingerprint density at radius 2 is 2.06 bits per heavy atom. The molecule has 0 unspecified atom stereocenters. The minimum absolute atomic E-state index is 0.134. The van der Waals surface area contributed by atoms with Crippen LogP contribution in [0.4, 0.5) is 0 Å². The monoisotopic (exact) mass is 267 g/mol. The van der Waals surface area contributed by atoms with Crippen molar-refractivity contribution in [2.45, 2.75) is 44.8 Å². The third-order valence-corrected chi connectivity index (χ3v) is 3.57. The number of carbonyl (C=O) groups excluding carboxylic acids is 1. The first-order valence-corrected chi connectivity index (χ1v) is 6.70. The fourth-order valence-electron chi connectivity index (χ4n) is 2.40. The van der Waals surface area contributed by atoms with Crippen LogP contribution in [-0.4, -0.2) is 23.2 Å². The van der Waals surface area contributed by atoms with Crippen LogP contribution < -0.4 is 5.32 Å². The number of amides is 1. The number of aliphatic hydroxyl groups excluding tert-OH is 1. The fourth-order valence-corrected chi connectivity index (χ4v) is 2.69. The van der Waals surface area contributed by atoms with Crippen LogP contribution in [0.3, 0.4) is 0 Å². The van der Waals surface area contributed by atoms with Crippen molar-refractivity contribution in [3.8, 4) is 0 Å². The topological polar surface area (TPSA) is 49.3 Å². The molecule has 1 aliphatic rings. The zero-order valence-corrected chi connectivity index (χ0v) is 11.2. The van der Waals surface area contributed by atoms with Crippen LogP contribution in [-0.2, 0) is 0 Å². The smallest absolute Gasteiger partial charge is 0.251 e. The van der Waals surface area contributed by atoms with Crippen molar-refractivity contribution in [2.75, 3.05) is 0 Å². The van der Waals surface area contributed by atoms with E-state index in [0.717, 1.165) is 31.2 Å². The van der Waals surface area contributed by atoms with E-state index in [1.54, 1.807) is 12.1 Å². The highest BCUT2D eigenvalue weighted by Crippen LogP contribution is 2.20. The maximum atomic E-state index is 12.1. The van der Waals surface area contributed by atoms with Gasteiger partial charge in [-0.15, -0.1) is 0 Å². The minimum Gasteiger partial charge on any atom is -0.391 e. The summed E-state index contributed by atoms with van der Waals surface area (Å²) in [4.78, 5) is 12.1. The lowest BCUT2D eigenvalue weighted by molar-refractivity contribution is 0.0717. The number of benzene rings is 1. The molecule has 1 aromatic rings. The average molecular weight is 268 g/mol. The van der Waals surface area contributed by atoms with E-state index < -0.39 is 6.10 Å². The summed E-state index contributed by atoms with van der Waals surface area (Å²) in [6.07, 6.45) is 3.26. The molecule has 2 N–H and O–H groups in total. The van der Waals surface area contributed by atoms with Crippen LogP contribution >= 0.6 is 11.6 Å². The van der Waals surface area contributed by atoms with E-state index in [0.29, 0.717) is 10.6 Å². The number of nitrogens with one attached hydrogen (secondary N) is 1. The van der Waals surface area contributed by atoms with E-state index in [1.165, 1.54) is 0 Å². The van der Waals surface area contributed by atoms with Gasteiger partial charge in [-0.1, -0.05) is 24.4 Å². The summed E-state index contributed by atoms with van der Waals surface area (Å²) in [5, 5.41) is 13.3. The van der Waals surface area contributed by atoms with Gasteiger partial charge in [-0.3, -0.25) is 4.79 Å². The van der Waals surface area contributed by atoms with E-state index in [2.05, 4.69) is 5.32 Å². The summed E-state index contributed by atoms with van der Waals surface area (Å²) in [5.74, 6) is -0.161. The molecule has 4 heteroatoms. The van der Waals surface area contributed by atoms with Crippen LogP contribution in [0, 0.1) is 6.92 Å². The average Bonchev–Trinajstić information content (AvgIpc) is 2.31. The maximum absolute atomic E-state index is 12.1. The molecule has 3 nitrogen and oxygen atoms in total. The second-order valence-corrected chi connectivity index (χ2v) is 5.39. The van der Waals surface area contributed by atoms with Crippen LogP contribution in [0.15, 0.2) is 18.2 Å². The highest BCUT2D eigenvalue weighted by atomic mass is 35.5. The zero-order valence-electron chi connectivity index (χ0n) is 10.4. The Morgan fingerprint density at radius 1 is 1.33 bits per heavy atom. The van der Waals surface area contributed by atoms with Gasteiger partial charge in [-0.05, 0) is 43.5 Å². The molecule has 2 rings (SSSR count). The van der Waals surface area contributed by atoms with Crippen molar-refractivity contribution >= 4 is 17.5 Å². The number of rotatable bonds is 2. The van der Waals surface area contributed by atoms with Gasteiger partial charge in [0.1, 0.15) is 0 Å². The van der Waals surface area contributed by atoms with Gasteiger partial charge in [-0.2, -0.15) is 0 Å². The molecule has 1 aliphatic carbocycles. The van der Waals surface area contributed by atoms with Gasteiger partial charge in [0.25, 0.3) is 5.91 Å². The summed E-state index contributed by atoms with van der Waals surface area (Å²) >= 11 is 5.94. The number of hydrogen-bond donors (Lipinski definition) is 2. The molecule has 2 atom stereocenters. The molecular formula is C14H18ClNO2. The van der Waals surface area contributed by atoms with Crippen LogP contribution in [0.5, 0.6) is 0 Å². The Labute approximate surface area is 112 Å². The van der Waals surface area contributed by atoms with Gasteiger partial charge < -0.3 is 10.4 Å². The van der Waals surface area contributed by atoms with Crippen molar-refractivity contribution in [1.29, 1.82) is 0 Å². The second kappa shape index (κ2) is 5.72. The summed E-state index contributed by atoms with van der Waals surface area (Å²) in [5.41, 5.74) is 1.51. The van der Waals surface area contributed by atoms with Crippen molar-refractivity contribution in [3.63, 3.8) is 0 Å². The molecule has 1 amide bonds. The van der Waals surface area contributed by atoms with E-state index in [9.17, 15) is 9.90 Å². The first kappa shape index (κ1) is 13.4. The van der Waals surface area contributed by atoms with Crippen LogP contribution in [0.1, 0.15) is 41.6 Å². The molecule has 1 saturated carbocycles. The zero-order chi connectivity index (χ0) is 13.1. The van der Waals surface area contributed by atoms with Gasteiger partial charge in [0, 0.05) is 10.6 Å². The molecule has 0 heterocycles. The highest BCUT2D eigenvalue weighted by Gasteiger charge is 2.24. The molecule has 0 spiro atoms. The van der Waals surface area contributed by atoms with E-state index in [4.69, 9.17) is 11.6 Å². The molecule has 0 aliphatic heterocycles. The predicted molar refractivity (Wildman–Crippen MR) is 71.9 cm³/mol. The summed E-state index contributed by atoms with van der Waals surface area (Å²) in [6.45, 7) is 1.90. The highest BCUT2D eigenvalue weighted by molar-refractivity contribution is 6.31. The maximum Gasteiger partial charge on any atom is 0.251 e. The molecule has 0 saturated heterocycles. The van der Waals surface area contributed by atoms with Gasteiger partial charge in [0.2, 0.25) is 0 Å². The lowest BCUT2D eigenvalue weighted by atomic mass is 9.92. The van der Waals surface area contributed by atoms with Crippen LogP contribution in [0.25, 0.3) is 0 Å². The third-order valence-electron chi connectivity index (χ3n) is 3.35. The second-order valence-electron chi connectivity index (χ2n) is 4.95. The predicted octanol–water partition coefficient (Wildman–Crippen LogP) is 2.68. The van der Waals surface area contributed by atoms with Gasteiger partial charge in [0.15, 0.2) is 0 Å². The Bertz CT molecular complexity index is 427. The largest absolute Gasteiger partial charge is 0.391 e. The molecule has 0 radical (unpaired) electrons. The van der Waals surface area contributed by atoms with Gasteiger partial charge in [-0.25, -0.2) is 0 Å². The van der Waals surface area contributed by atoms with Crippen molar-refractivity contribution in [2.24, 2.45) is 0 Å². The van der Waals surface area contributed by atoms with E-state index >= 15 is 0 Å². The SMILES string of the molecule is Cc1cc(Cl)cc(C(=O)N[C@@H]2CCCC[C@H]2O)c1. The first-order valence-electron chi connectivity index (χ1n) is 6.32. The fraction of sp³-hybridized carbons (Fsp3) is 0.500. The first-order chi connectivity index (χ1) is 8.56. The molecule has 0 bridgehead atoms. The molecule has 1 aromatic carbocycles. The summed E-state index contributed by atoms with van der Waals surface area (Å²) in [6, 6.07) is 5.13. The molecular weight excluding hydrogens is 250 g/mol. The number of aryl methyl sites for hydroxylation is 1. The van der Waals surface area contributed by atoms with Crippen molar-refractivity contribution in [3.05, 3.63) is 34.3 Å². The number of aliphatic hydroxyl groups is 1. The van der Waals surface area contributed by atoms with Crippen molar-refractivity contribution < 1.29 is 9.90 Å². The number of hydrogen-bond acceptors (Lipinski definition) is 2. The Hall–Kier alpha value is -1.06. The van der Waals surface area contributed by atoms with Crippen LogP contribution in [0.2, 0.25) is 5.02 Å². The molecule has 98 valence electrons. The minimum atomic E-state index is -0.428. The van der Waals surface area contributed by atoms with Gasteiger partial charge >= 0.3 is 0 Å². The lowest BCUT2D eigenvalue weighted by Gasteiger charge is -2.28.